The molecule has 4 aromatic rings. The Morgan fingerprint density at radius 1 is 1.17 bits per heavy atom. The molecule has 36 heavy (non-hydrogen) atoms. The Morgan fingerprint density at radius 2 is 2.08 bits per heavy atom. The van der Waals surface area contributed by atoms with Crippen LogP contribution in [0.15, 0.2) is 71.2 Å². The molecule has 0 saturated carbocycles. The zero-order valence-corrected chi connectivity index (χ0v) is 21.6. The van der Waals surface area contributed by atoms with E-state index in [1.807, 2.05) is 61.5 Å². The van der Waals surface area contributed by atoms with Gasteiger partial charge in [0, 0.05) is 25.3 Å². The van der Waals surface area contributed by atoms with Crippen LogP contribution in [-0.4, -0.2) is 38.3 Å². The molecule has 0 amide bonds. The van der Waals surface area contributed by atoms with Gasteiger partial charge in [-0.2, -0.15) is 0 Å². The van der Waals surface area contributed by atoms with E-state index in [2.05, 4.69) is 25.3 Å². The molecular formula is C26H28N6O2S2. The van der Waals surface area contributed by atoms with Gasteiger partial charge < -0.3 is 15.4 Å². The summed E-state index contributed by atoms with van der Waals surface area (Å²) >= 11 is 1.47. The van der Waals surface area contributed by atoms with Crippen molar-refractivity contribution in [3.05, 3.63) is 77.4 Å². The summed E-state index contributed by atoms with van der Waals surface area (Å²) < 4.78 is 21.9. The number of hydrogen-bond acceptors (Lipinski definition) is 8. The van der Waals surface area contributed by atoms with Gasteiger partial charge in [-0.25, -0.2) is 23.9 Å². The number of ether oxygens (including phenoxy) is 1. The van der Waals surface area contributed by atoms with Crippen LogP contribution in [0.5, 0.6) is 11.6 Å². The minimum absolute atomic E-state index is 0.322. The van der Waals surface area contributed by atoms with E-state index in [0.29, 0.717) is 30.2 Å². The van der Waals surface area contributed by atoms with Crippen molar-refractivity contribution in [3.8, 4) is 22.2 Å². The van der Waals surface area contributed by atoms with E-state index in [1.54, 1.807) is 11.7 Å². The molecule has 1 fully saturated rings. The molecule has 1 aliphatic rings. The third kappa shape index (κ3) is 6.14. The Kier molecular flexibility index (Phi) is 7.97. The minimum Gasteiger partial charge on any atom is -0.437 e. The van der Waals surface area contributed by atoms with E-state index in [0.717, 1.165) is 52.5 Å². The lowest BCUT2D eigenvalue weighted by atomic mass is 10.1. The SMILES string of the molecule is Cc1ccccc1S(=O)NCc1cccc(Oc2ncsc2-c2ccnc(NC3CCCNC3)n2)c1. The van der Waals surface area contributed by atoms with Crippen LogP contribution in [0.1, 0.15) is 24.0 Å². The number of thiazole rings is 1. The maximum absolute atomic E-state index is 12.7. The Morgan fingerprint density at radius 3 is 2.94 bits per heavy atom. The standard InChI is InChI=1S/C26H28N6O2S2/c1-18-6-2-3-10-23(18)36(33)30-15-19-7-4-9-21(14-19)34-25-24(35-17-29-25)22-11-13-28-26(32-22)31-20-8-5-12-27-16-20/h2-4,6-7,9-11,13-14,17,20,27,30H,5,8,12,15-16H2,1H3,(H,28,31,32). The summed E-state index contributed by atoms with van der Waals surface area (Å²) in [6.07, 6.45) is 3.99. The van der Waals surface area contributed by atoms with E-state index >= 15 is 0 Å². The summed E-state index contributed by atoms with van der Waals surface area (Å²) in [4.78, 5) is 15.2. The highest BCUT2D eigenvalue weighted by Crippen LogP contribution is 2.35. The molecule has 1 saturated heterocycles. The van der Waals surface area contributed by atoms with Crippen molar-refractivity contribution in [3.63, 3.8) is 0 Å². The number of piperidine rings is 1. The minimum atomic E-state index is -1.29. The zero-order chi connectivity index (χ0) is 24.7. The van der Waals surface area contributed by atoms with Gasteiger partial charge in [-0.05, 0) is 61.7 Å². The molecule has 2 unspecified atom stereocenters. The van der Waals surface area contributed by atoms with Crippen LogP contribution in [0.3, 0.4) is 0 Å². The van der Waals surface area contributed by atoms with Crippen molar-refractivity contribution in [2.24, 2.45) is 0 Å². The van der Waals surface area contributed by atoms with Crippen LogP contribution in [0, 0.1) is 6.92 Å². The maximum Gasteiger partial charge on any atom is 0.239 e. The number of nitrogens with zero attached hydrogens (tertiary/aromatic N) is 3. The highest BCUT2D eigenvalue weighted by atomic mass is 32.2. The highest BCUT2D eigenvalue weighted by Gasteiger charge is 2.17. The van der Waals surface area contributed by atoms with Crippen molar-refractivity contribution in [1.82, 2.24) is 25.0 Å². The second-order valence-corrected chi connectivity index (χ2v) is 10.7. The summed E-state index contributed by atoms with van der Waals surface area (Å²) in [7, 11) is -1.29. The molecule has 5 rings (SSSR count). The molecule has 0 spiro atoms. The molecule has 1 aliphatic heterocycles. The Bertz CT molecular complexity index is 1340. The molecule has 0 aliphatic carbocycles. The van der Waals surface area contributed by atoms with Gasteiger partial charge in [-0.1, -0.05) is 30.3 Å². The van der Waals surface area contributed by atoms with E-state index in [1.165, 1.54) is 11.3 Å². The highest BCUT2D eigenvalue weighted by molar-refractivity contribution is 7.83. The van der Waals surface area contributed by atoms with Crippen LogP contribution in [0.4, 0.5) is 5.95 Å². The van der Waals surface area contributed by atoms with Gasteiger partial charge in [0.2, 0.25) is 11.8 Å². The van der Waals surface area contributed by atoms with Gasteiger partial charge in [0.25, 0.3) is 0 Å². The molecule has 0 bridgehead atoms. The molecule has 2 atom stereocenters. The molecule has 2 aromatic carbocycles. The molecule has 10 heteroatoms. The summed E-state index contributed by atoms with van der Waals surface area (Å²) in [5.74, 6) is 1.76. The average molecular weight is 521 g/mol. The second-order valence-electron chi connectivity index (χ2n) is 8.54. The van der Waals surface area contributed by atoms with Crippen molar-refractivity contribution < 1.29 is 8.95 Å². The first-order chi connectivity index (χ1) is 17.7. The number of nitrogens with one attached hydrogen (secondary N) is 3. The Balaban J connectivity index is 1.26. The average Bonchev–Trinajstić information content (AvgIpc) is 3.37. The lowest BCUT2D eigenvalue weighted by Gasteiger charge is -2.23. The fourth-order valence-corrected chi connectivity index (χ4v) is 5.71. The third-order valence-corrected chi connectivity index (χ3v) is 7.96. The first kappa shape index (κ1) is 24.5. The van der Waals surface area contributed by atoms with Crippen LogP contribution in [0.2, 0.25) is 0 Å². The number of hydrogen-bond donors (Lipinski definition) is 3. The van der Waals surface area contributed by atoms with Gasteiger partial charge in [0.15, 0.2) is 0 Å². The van der Waals surface area contributed by atoms with E-state index in [9.17, 15) is 4.21 Å². The summed E-state index contributed by atoms with van der Waals surface area (Å²) in [5.41, 5.74) is 4.47. The molecule has 2 aromatic heterocycles. The summed E-state index contributed by atoms with van der Waals surface area (Å²) in [6.45, 7) is 4.37. The molecule has 3 N–H and O–H groups in total. The van der Waals surface area contributed by atoms with Crippen LogP contribution >= 0.6 is 11.3 Å². The van der Waals surface area contributed by atoms with Gasteiger partial charge in [-0.15, -0.1) is 11.3 Å². The first-order valence-corrected chi connectivity index (χ1v) is 13.9. The largest absolute Gasteiger partial charge is 0.437 e. The lowest BCUT2D eigenvalue weighted by Crippen LogP contribution is -2.38. The molecule has 3 heterocycles. The number of aryl methyl sites for hydroxylation is 1. The number of anilines is 1. The smallest absolute Gasteiger partial charge is 0.239 e. The van der Waals surface area contributed by atoms with Crippen molar-refractivity contribution in [1.29, 1.82) is 0 Å². The first-order valence-electron chi connectivity index (χ1n) is 11.9. The monoisotopic (exact) mass is 520 g/mol. The third-order valence-electron chi connectivity index (χ3n) is 5.87. The van der Waals surface area contributed by atoms with Crippen LogP contribution in [0.25, 0.3) is 10.6 Å². The van der Waals surface area contributed by atoms with E-state index in [4.69, 9.17) is 9.72 Å². The van der Waals surface area contributed by atoms with Crippen LogP contribution < -0.4 is 20.1 Å². The normalized spacial score (nSPS) is 16.4. The predicted molar refractivity (Wildman–Crippen MR) is 144 cm³/mol. The van der Waals surface area contributed by atoms with Gasteiger partial charge >= 0.3 is 0 Å². The summed E-state index contributed by atoms with van der Waals surface area (Å²) in [6, 6.07) is 17.6. The van der Waals surface area contributed by atoms with Crippen molar-refractivity contribution >= 4 is 28.3 Å². The zero-order valence-electron chi connectivity index (χ0n) is 19.9. The van der Waals surface area contributed by atoms with Crippen molar-refractivity contribution in [2.45, 2.75) is 37.2 Å². The van der Waals surface area contributed by atoms with Gasteiger partial charge in [0.1, 0.15) is 21.6 Å². The van der Waals surface area contributed by atoms with E-state index in [-0.39, 0.29) is 0 Å². The second kappa shape index (κ2) is 11.7. The topological polar surface area (TPSA) is 101 Å². The fourth-order valence-electron chi connectivity index (χ4n) is 4.01. The van der Waals surface area contributed by atoms with E-state index < -0.39 is 11.0 Å². The number of aromatic nitrogens is 3. The predicted octanol–water partition coefficient (Wildman–Crippen LogP) is 4.68. The van der Waals surface area contributed by atoms with Crippen LogP contribution in [-0.2, 0) is 17.5 Å². The number of benzene rings is 2. The fraction of sp³-hybridized carbons (Fsp3) is 0.269. The van der Waals surface area contributed by atoms with Gasteiger partial charge in [0.05, 0.1) is 16.1 Å². The lowest BCUT2D eigenvalue weighted by molar-refractivity contribution is 0.467. The quantitative estimate of drug-likeness (QED) is 0.295. The Labute approximate surface area is 217 Å². The molecular weight excluding hydrogens is 492 g/mol. The molecule has 8 nitrogen and oxygen atoms in total. The maximum atomic E-state index is 12.7. The number of rotatable bonds is 9. The summed E-state index contributed by atoms with van der Waals surface area (Å²) in [5, 5.41) is 6.82. The Hall–Kier alpha value is -3.18. The molecule has 186 valence electrons. The molecule has 0 radical (unpaired) electrons. The van der Waals surface area contributed by atoms with Crippen molar-refractivity contribution in [2.75, 3.05) is 18.4 Å². The van der Waals surface area contributed by atoms with Gasteiger partial charge in [-0.3, -0.25) is 0 Å².